The first-order chi connectivity index (χ1) is 13.6. The molecule has 0 amide bonds. The van der Waals surface area contributed by atoms with E-state index in [-0.39, 0.29) is 28.6 Å². The Hall–Kier alpha value is -3.17. The summed E-state index contributed by atoms with van der Waals surface area (Å²) in [6, 6.07) is 7.96. The zero-order valence-electron chi connectivity index (χ0n) is 15.4. The zero-order chi connectivity index (χ0) is 20.1. The number of ether oxygens (including phenoxy) is 1. The smallest absolute Gasteiger partial charge is 0.293 e. The average Bonchev–Trinajstić information content (AvgIpc) is 2.68. The topological polar surface area (TPSA) is 130 Å². The number of aromatic amines is 1. The van der Waals surface area contributed by atoms with Gasteiger partial charge in [0, 0.05) is 36.8 Å². The highest BCUT2D eigenvalue weighted by Crippen LogP contribution is 2.30. The lowest BCUT2D eigenvalue weighted by molar-refractivity contribution is -0.383. The monoisotopic (exact) mass is 386 g/mol. The van der Waals surface area contributed by atoms with Crippen LogP contribution in [0.4, 0.5) is 11.4 Å². The van der Waals surface area contributed by atoms with Crippen LogP contribution in [0.5, 0.6) is 5.75 Å². The maximum atomic E-state index is 13.2. The number of fused-ring (bicyclic) bond motifs is 2. The highest BCUT2D eigenvalue weighted by Gasteiger charge is 2.19. The number of anilines is 1. The minimum Gasteiger partial charge on any atom is -0.494 e. The predicted molar refractivity (Wildman–Crippen MR) is 108 cm³/mol. The highest BCUT2D eigenvalue weighted by atomic mass is 16.6. The van der Waals surface area contributed by atoms with Gasteiger partial charge in [-0.3, -0.25) is 14.9 Å². The maximum absolute atomic E-state index is 13.2. The Morgan fingerprint density at radius 2 is 2.04 bits per heavy atom. The Kier molecular flexibility index (Phi) is 6.07. The average molecular weight is 386 g/mol. The number of benzene rings is 2. The van der Waals surface area contributed by atoms with Gasteiger partial charge in [0.15, 0.2) is 5.43 Å². The normalized spacial score (nSPS) is 11.1. The fourth-order valence-electron chi connectivity index (χ4n) is 3.09. The molecule has 0 aliphatic carbocycles. The van der Waals surface area contributed by atoms with Gasteiger partial charge in [-0.2, -0.15) is 0 Å². The zero-order valence-corrected chi connectivity index (χ0v) is 15.4. The van der Waals surface area contributed by atoms with Crippen molar-refractivity contribution in [1.29, 1.82) is 0 Å². The highest BCUT2D eigenvalue weighted by molar-refractivity contribution is 6.03. The largest absolute Gasteiger partial charge is 0.494 e. The van der Waals surface area contributed by atoms with Crippen LogP contribution >= 0.6 is 0 Å². The van der Waals surface area contributed by atoms with E-state index in [0.29, 0.717) is 48.6 Å². The molecule has 0 radical (unpaired) electrons. The molecule has 0 saturated carbocycles. The number of H-pyrrole nitrogens is 1. The number of non-ortho nitro benzene ring substituents is 1. The van der Waals surface area contributed by atoms with Crippen molar-refractivity contribution >= 4 is 33.2 Å². The van der Waals surface area contributed by atoms with Crippen LogP contribution in [0.3, 0.4) is 0 Å². The molecule has 9 nitrogen and oxygen atoms in total. The Morgan fingerprint density at radius 1 is 1.21 bits per heavy atom. The maximum Gasteiger partial charge on any atom is 0.293 e. The molecule has 1 aromatic heterocycles. The first-order valence-electron chi connectivity index (χ1n) is 9.02. The van der Waals surface area contributed by atoms with Crippen molar-refractivity contribution in [2.45, 2.75) is 6.92 Å². The van der Waals surface area contributed by atoms with E-state index in [4.69, 9.17) is 9.84 Å². The van der Waals surface area contributed by atoms with Gasteiger partial charge in [0.1, 0.15) is 11.3 Å². The molecule has 0 spiro atoms. The van der Waals surface area contributed by atoms with Crippen LogP contribution < -0.4 is 20.8 Å². The number of aliphatic hydroxyl groups excluding tert-OH is 1. The molecule has 4 N–H and O–H groups in total. The van der Waals surface area contributed by atoms with Crippen LogP contribution in [-0.2, 0) is 0 Å². The van der Waals surface area contributed by atoms with E-state index in [1.807, 2.05) is 6.92 Å². The first-order valence-corrected chi connectivity index (χ1v) is 9.02. The third kappa shape index (κ3) is 3.90. The Bertz CT molecular complexity index is 1060. The van der Waals surface area contributed by atoms with Gasteiger partial charge in [-0.15, -0.1) is 0 Å². The van der Waals surface area contributed by atoms with E-state index < -0.39 is 4.92 Å². The van der Waals surface area contributed by atoms with Crippen LogP contribution in [0.1, 0.15) is 6.92 Å². The Morgan fingerprint density at radius 3 is 2.75 bits per heavy atom. The standard InChI is InChI=1S/C19H22N4O5/c1-2-28-12-3-4-14-13(11-12)19(25)17-15(21-8-7-20-9-10-24)5-6-16(23(26)27)18(17)22-14/h3-6,11,20-21,24H,2,7-10H2,1H3,(H,22,25). The number of nitro benzene ring substituents is 1. The van der Waals surface area contributed by atoms with Gasteiger partial charge in [0.25, 0.3) is 5.69 Å². The van der Waals surface area contributed by atoms with E-state index in [1.165, 1.54) is 6.07 Å². The molecule has 0 aliphatic heterocycles. The number of nitrogens with zero attached hydrogens (tertiary/aromatic N) is 1. The molecule has 0 unspecified atom stereocenters. The molecule has 0 saturated heterocycles. The Labute approximate surface area is 160 Å². The minimum atomic E-state index is -0.509. The summed E-state index contributed by atoms with van der Waals surface area (Å²) in [6.07, 6.45) is 0. The van der Waals surface area contributed by atoms with E-state index in [0.717, 1.165) is 0 Å². The summed E-state index contributed by atoms with van der Waals surface area (Å²) in [4.78, 5) is 27.2. The number of nitro groups is 1. The quantitative estimate of drug-likeness (QED) is 0.191. The number of hydrogen-bond acceptors (Lipinski definition) is 7. The number of aliphatic hydroxyl groups is 1. The fourth-order valence-corrected chi connectivity index (χ4v) is 3.09. The summed E-state index contributed by atoms with van der Waals surface area (Å²) >= 11 is 0. The molecule has 0 bridgehead atoms. The fraction of sp³-hybridized carbons (Fsp3) is 0.316. The van der Waals surface area contributed by atoms with Gasteiger partial charge in [0.2, 0.25) is 0 Å². The molecule has 3 aromatic rings. The van der Waals surface area contributed by atoms with E-state index in [9.17, 15) is 14.9 Å². The molecular weight excluding hydrogens is 364 g/mol. The first kappa shape index (κ1) is 19.6. The summed E-state index contributed by atoms with van der Waals surface area (Å²) in [7, 11) is 0. The van der Waals surface area contributed by atoms with Gasteiger partial charge in [-0.1, -0.05) is 0 Å². The molecule has 2 aromatic carbocycles. The number of nitrogens with one attached hydrogen (secondary N) is 3. The van der Waals surface area contributed by atoms with Crippen molar-refractivity contribution in [3.8, 4) is 5.75 Å². The SMILES string of the molecule is CCOc1ccc2[nH]c3c([N+](=O)[O-])ccc(NCCNCCO)c3c(=O)c2c1. The van der Waals surface area contributed by atoms with Crippen LogP contribution in [0.2, 0.25) is 0 Å². The van der Waals surface area contributed by atoms with Crippen LogP contribution in [-0.4, -0.2) is 47.9 Å². The third-order valence-electron chi connectivity index (χ3n) is 4.32. The van der Waals surface area contributed by atoms with Crippen molar-refractivity contribution < 1.29 is 14.8 Å². The molecule has 3 rings (SSSR count). The Balaban J connectivity index is 2.14. The van der Waals surface area contributed by atoms with Crippen molar-refractivity contribution in [2.24, 2.45) is 0 Å². The number of pyridine rings is 1. The summed E-state index contributed by atoms with van der Waals surface area (Å²) in [5.41, 5.74) is 0.730. The molecule has 0 aliphatic rings. The van der Waals surface area contributed by atoms with Gasteiger partial charge in [0.05, 0.1) is 29.0 Å². The third-order valence-corrected chi connectivity index (χ3v) is 4.32. The number of rotatable bonds is 9. The second-order valence-corrected chi connectivity index (χ2v) is 6.13. The van der Waals surface area contributed by atoms with Gasteiger partial charge < -0.3 is 25.5 Å². The summed E-state index contributed by atoms with van der Waals surface area (Å²) in [5, 5.41) is 27.1. The van der Waals surface area contributed by atoms with Crippen LogP contribution in [0, 0.1) is 10.1 Å². The molecule has 1 heterocycles. The molecule has 0 atom stereocenters. The van der Waals surface area contributed by atoms with Gasteiger partial charge in [-0.25, -0.2) is 0 Å². The second-order valence-electron chi connectivity index (χ2n) is 6.13. The van der Waals surface area contributed by atoms with E-state index in [2.05, 4.69) is 15.6 Å². The van der Waals surface area contributed by atoms with Crippen molar-refractivity contribution in [3.63, 3.8) is 0 Å². The lowest BCUT2D eigenvalue weighted by Crippen LogP contribution is -2.25. The number of hydrogen-bond donors (Lipinski definition) is 4. The van der Waals surface area contributed by atoms with Crippen molar-refractivity contribution in [1.82, 2.24) is 10.3 Å². The minimum absolute atomic E-state index is 0.0360. The molecular formula is C19H22N4O5. The van der Waals surface area contributed by atoms with E-state index in [1.54, 1.807) is 24.3 Å². The lowest BCUT2D eigenvalue weighted by Gasteiger charge is -2.12. The van der Waals surface area contributed by atoms with Crippen molar-refractivity contribution in [3.05, 3.63) is 50.7 Å². The number of aromatic nitrogens is 1. The van der Waals surface area contributed by atoms with Crippen LogP contribution in [0.25, 0.3) is 21.8 Å². The second kappa shape index (κ2) is 8.68. The van der Waals surface area contributed by atoms with E-state index >= 15 is 0 Å². The van der Waals surface area contributed by atoms with Crippen LogP contribution in [0.15, 0.2) is 35.1 Å². The molecule has 28 heavy (non-hydrogen) atoms. The summed E-state index contributed by atoms with van der Waals surface area (Å²) in [6.45, 7) is 3.88. The summed E-state index contributed by atoms with van der Waals surface area (Å²) < 4.78 is 5.47. The summed E-state index contributed by atoms with van der Waals surface area (Å²) in [5.74, 6) is 0.563. The molecule has 148 valence electrons. The predicted octanol–water partition coefficient (Wildman–Crippen LogP) is 1.98. The lowest BCUT2D eigenvalue weighted by atomic mass is 10.1. The van der Waals surface area contributed by atoms with Crippen molar-refractivity contribution in [2.75, 3.05) is 38.2 Å². The van der Waals surface area contributed by atoms with Gasteiger partial charge in [-0.05, 0) is 31.2 Å². The van der Waals surface area contributed by atoms with Gasteiger partial charge >= 0.3 is 0 Å². The molecule has 0 fully saturated rings. The molecule has 9 heteroatoms.